The van der Waals surface area contributed by atoms with Crippen molar-refractivity contribution in [3.8, 4) is 11.5 Å². The molecule has 1 unspecified atom stereocenters. The average Bonchev–Trinajstić information content (AvgIpc) is 2.96. The number of likely N-dealkylation sites (tertiary alicyclic amines) is 1. The van der Waals surface area contributed by atoms with E-state index in [0.717, 1.165) is 0 Å². The summed E-state index contributed by atoms with van der Waals surface area (Å²) in [6.07, 6.45) is 3.99. The number of carbonyl (C=O) groups is 2. The van der Waals surface area contributed by atoms with Gasteiger partial charge in [-0.25, -0.2) is 14.8 Å². The third-order valence-corrected chi connectivity index (χ3v) is 6.28. The fourth-order valence-electron chi connectivity index (χ4n) is 4.15. The monoisotopic (exact) mass is 540 g/mol. The summed E-state index contributed by atoms with van der Waals surface area (Å²) in [5.74, 6) is 0.901. The van der Waals surface area contributed by atoms with Gasteiger partial charge in [0.2, 0.25) is 5.91 Å². The van der Waals surface area contributed by atoms with E-state index in [-0.39, 0.29) is 12.0 Å². The van der Waals surface area contributed by atoms with E-state index < -0.39 is 12.0 Å². The number of methoxy groups -OCH3 is 2. The summed E-state index contributed by atoms with van der Waals surface area (Å²) in [6.45, 7) is 8.72. The standard InChI is InChI=1S/C26H27ClN4O5.C2H6/c1-4-23(32)31-10-8-18(9-11-31)36-22-13-19-20(14-21(22)34-2)28-15-29-25(19)30-24(26(33)35-3)16-6-5-7-17(27)12-16;1-2/h4-7,12-15,18,24H,1,8-11H2,2-3H3,(H,28,29,30);1-2H3. The molecule has 2 heterocycles. The van der Waals surface area contributed by atoms with Crippen LogP contribution in [0.15, 0.2) is 55.4 Å². The van der Waals surface area contributed by atoms with Gasteiger partial charge in [0.25, 0.3) is 0 Å². The normalized spacial score (nSPS) is 14.1. The minimum Gasteiger partial charge on any atom is -0.493 e. The molecule has 0 aliphatic carbocycles. The number of amides is 1. The van der Waals surface area contributed by atoms with Crippen molar-refractivity contribution in [3.05, 3.63) is 66.0 Å². The van der Waals surface area contributed by atoms with Gasteiger partial charge in [0.15, 0.2) is 17.5 Å². The van der Waals surface area contributed by atoms with Crippen molar-refractivity contribution in [2.45, 2.75) is 38.8 Å². The van der Waals surface area contributed by atoms with E-state index >= 15 is 0 Å². The number of hydrogen-bond donors (Lipinski definition) is 1. The molecule has 1 aliphatic heterocycles. The van der Waals surface area contributed by atoms with Crippen molar-refractivity contribution in [2.75, 3.05) is 32.6 Å². The van der Waals surface area contributed by atoms with Crippen molar-refractivity contribution < 1.29 is 23.8 Å². The number of anilines is 1. The number of rotatable bonds is 8. The van der Waals surface area contributed by atoms with Gasteiger partial charge in [0, 0.05) is 42.4 Å². The predicted molar refractivity (Wildman–Crippen MR) is 148 cm³/mol. The number of halogens is 1. The van der Waals surface area contributed by atoms with Gasteiger partial charge in [0.05, 0.1) is 19.7 Å². The SMILES string of the molecule is C=CC(=O)N1CCC(Oc2cc3c(NC(C(=O)OC)c4cccc(Cl)c4)ncnc3cc2OC)CC1.CC. The molecule has 1 atom stereocenters. The highest BCUT2D eigenvalue weighted by Crippen LogP contribution is 2.36. The third kappa shape index (κ3) is 6.72. The number of fused-ring (bicyclic) bond motifs is 1. The molecule has 0 radical (unpaired) electrons. The zero-order valence-corrected chi connectivity index (χ0v) is 22.8. The fraction of sp³-hybridized carbons (Fsp3) is 0.357. The zero-order valence-electron chi connectivity index (χ0n) is 22.1. The summed E-state index contributed by atoms with van der Waals surface area (Å²) in [7, 11) is 2.89. The molecule has 1 aromatic heterocycles. The fourth-order valence-corrected chi connectivity index (χ4v) is 4.35. The Balaban J connectivity index is 0.00000195. The van der Waals surface area contributed by atoms with Gasteiger partial charge in [-0.05, 0) is 29.8 Å². The maximum absolute atomic E-state index is 12.6. The van der Waals surface area contributed by atoms with Crippen LogP contribution in [0.5, 0.6) is 11.5 Å². The Morgan fingerprint density at radius 3 is 2.50 bits per heavy atom. The Labute approximate surface area is 227 Å². The van der Waals surface area contributed by atoms with Crippen LogP contribution < -0.4 is 14.8 Å². The number of aromatic nitrogens is 2. The number of benzene rings is 2. The first-order valence-corrected chi connectivity index (χ1v) is 12.8. The molecule has 4 rings (SSSR count). The molecule has 3 aromatic rings. The first-order valence-electron chi connectivity index (χ1n) is 12.4. The van der Waals surface area contributed by atoms with Crippen LogP contribution in [-0.2, 0) is 14.3 Å². The number of nitrogens with zero attached hydrogens (tertiary/aromatic N) is 3. The van der Waals surface area contributed by atoms with E-state index in [0.29, 0.717) is 64.7 Å². The molecule has 9 nitrogen and oxygen atoms in total. The first kappa shape index (κ1) is 28.7. The van der Waals surface area contributed by atoms with E-state index in [1.807, 2.05) is 13.8 Å². The van der Waals surface area contributed by atoms with Crippen LogP contribution in [0.25, 0.3) is 10.9 Å². The van der Waals surface area contributed by atoms with Crippen molar-refractivity contribution in [3.63, 3.8) is 0 Å². The molecule has 2 aromatic carbocycles. The Bertz CT molecular complexity index is 1280. The van der Waals surface area contributed by atoms with E-state index in [1.165, 1.54) is 19.5 Å². The smallest absolute Gasteiger partial charge is 0.333 e. The molecule has 10 heteroatoms. The highest BCUT2D eigenvalue weighted by molar-refractivity contribution is 6.30. The minimum atomic E-state index is -0.843. The molecular weight excluding hydrogens is 508 g/mol. The molecule has 1 aliphatic rings. The minimum absolute atomic E-state index is 0.0792. The summed E-state index contributed by atoms with van der Waals surface area (Å²) >= 11 is 6.15. The van der Waals surface area contributed by atoms with Gasteiger partial charge >= 0.3 is 5.97 Å². The summed E-state index contributed by atoms with van der Waals surface area (Å²) in [5, 5.41) is 4.31. The van der Waals surface area contributed by atoms with Crippen LogP contribution in [0.3, 0.4) is 0 Å². The predicted octanol–water partition coefficient (Wildman–Crippen LogP) is 5.20. The second-order valence-corrected chi connectivity index (χ2v) is 8.68. The molecule has 38 heavy (non-hydrogen) atoms. The second-order valence-electron chi connectivity index (χ2n) is 8.24. The number of esters is 1. The number of carbonyl (C=O) groups excluding carboxylic acids is 2. The molecule has 0 bridgehead atoms. The zero-order chi connectivity index (χ0) is 27.7. The van der Waals surface area contributed by atoms with Gasteiger partial charge in [-0.2, -0.15) is 0 Å². The maximum atomic E-state index is 12.6. The number of nitrogens with one attached hydrogen (secondary N) is 1. The number of hydrogen-bond acceptors (Lipinski definition) is 8. The van der Waals surface area contributed by atoms with Crippen LogP contribution in [0.2, 0.25) is 5.02 Å². The van der Waals surface area contributed by atoms with E-state index in [2.05, 4.69) is 21.9 Å². The molecule has 1 saturated heterocycles. The van der Waals surface area contributed by atoms with Gasteiger partial charge in [-0.15, -0.1) is 0 Å². The van der Waals surface area contributed by atoms with E-state index in [9.17, 15) is 9.59 Å². The largest absolute Gasteiger partial charge is 0.493 e. The van der Waals surface area contributed by atoms with Gasteiger partial charge in [0.1, 0.15) is 18.2 Å². The average molecular weight is 541 g/mol. The Morgan fingerprint density at radius 2 is 1.87 bits per heavy atom. The highest BCUT2D eigenvalue weighted by Gasteiger charge is 2.26. The summed E-state index contributed by atoms with van der Waals surface area (Å²) in [4.78, 5) is 35.0. The van der Waals surface area contributed by atoms with Crippen LogP contribution >= 0.6 is 11.6 Å². The summed E-state index contributed by atoms with van der Waals surface area (Å²) in [5.41, 5.74) is 1.24. The van der Waals surface area contributed by atoms with Gasteiger partial charge in [-0.3, -0.25) is 4.79 Å². The van der Waals surface area contributed by atoms with Crippen molar-refractivity contribution in [1.29, 1.82) is 0 Å². The quantitative estimate of drug-likeness (QED) is 0.307. The molecule has 1 fully saturated rings. The lowest BCUT2D eigenvalue weighted by atomic mass is 10.1. The van der Waals surface area contributed by atoms with Crippen LogP contribution in [0, 0.1) is 0 Å². The lowest BCUT2D eigenvalue weighted by Gasteiger charge is -2.31. The molecular formula is C28H33ClN4O5. The number of piperidine rings is 1. The molecule has 1 amide bonds. The van der Waals surface area contributed by atoms with E-state index in [4.69, 9.17) is 25.8 Å². The van der Waals surface area contributed by atoms with Gasteiger partial charge < -0.3 is 24.4 Å². The molecule has 202 valence electrons. The van der Waals surface area contributed by atoms with Crippen LogP contribution in [-0.4, -0.2) is 60.2 Å². The van der Waals surface area contributed by atoms with Crippen molar-refractivity contribution >= 4 is 40.2 Å². The highest BCUT2D eigenvalue weighted by atomic mass is 35.5. The second kappa shape index (κ2) is 13.6. The Kier molecular flexibility index (Phi) is 10.3. The van der Waals surface area contributed by atoms with Crippen LogP contribution in [0.1, 0.15) is 38.3 Å². The Hall–Kier alpha value is -3.85. The Morgan fingerprint density at radius 1 is 1.13 bits per heavy atom. The lowest BCUT2D eigenvalue weighted by molar-refractivity contribution is -0.141. The van der Waals surface area contributed by atoms with Crippen molar-refractivity contribution in [1.82, 2.24) is 14.9 Å². The first-order chi connectivity index (χ1) is 18.4. The summed E-state index contributed by atoms with van der Waals surface area (Å²) in [6, 6.07) is 9.69. The number of ether oxygens (including phenoxy) is 3. The molecule has 0 spiro atoms. The van der Waals surface area contributed by atoms with E-state index in [1.54, 1.807) is 48.4 Å². The lowest BCUT2D eigenvalue weighted by Crippen LogP contribution is -2.41. The molecule has 0 saturated carbocycles. The maximum Gasteiger partial charge on any atom is 0.333 e. The topological polar surface area (TPSA) is 103 Å². The van der Waals surface area contributed by atoms with Gasteiger partial charge in [-0.1, -0.05) is 44.2 Å². The summed E-state index contributed by atoms with van der Waals surface area (Å²) < 4.78 is 16.9. The molecule has 1 N–H and O–H groups in total. The van der Waals surface area contributed by atoms with Crippen LogP contribution in [0.4, 0.5) is 5.82 Å². The third-order valence-electron chi connectivity index (χ3n) is 6.04. The van der Waals surface area contributed by atoms with Crippen molar-refractivity contribution in [2.24, 2.45) is 0 Å².